The Hall–Kier alpha value is -3.47. The van der Waals surface area contributed by atoms with E-state index in [-0.39, 0.29) is 11.9 Å². The van der Waals surface area contributed by atoms with Crippen LogP contribution >= 0.6 is 0 Å². The Balaban J connectivity index is 1.94. The average molecular weight is 417 g/mol. The number of rotatable bonds is 5. The Morgan fingerprint density at radius 2 is 1.39 bits per heavy atom. The summed E-state index contributed by atoms with van der Waals surface area (Å²) in [6.07, 6.45) is 0. The Morgan fingerprint density at radius 3 is 1.90 bits per heavy atom. The predicted molar refractivity (Wildman–Crippen MR) is 125 cm³/mol. The molecule has 0 atom stereocenters. The van der Waals surface area contributed by atoms with Gasteiger partial charge in [-0.2, -0.15) is 0 Å². The molecule has 0 fully saturated rings. The van der Waals surface area contributed by atoms with Gasteiger partial charge in [-0.3, -0.25) is 0 Å². The fourth-order valence-electron chi connectivity index (χ4n) is 4.02. The molecule has 0 N–H and O–H groups in total. The van der Waals surface area contributed by atoms with Crippen molar-refractivity contribution in [1.29, 1.82) is 0 Å². The summed E-state index contributed by atoms with van der Waals surface area (Å²) in [5.41, 5.74) is 5.69. The number of anilines is 2. The molecule has 3 aromatic rings. The second kappa shape index (κ2) is 8.34. The van der Waals surface area contributed by atoms with Gasteiger partial charge < -0.3 is 19.3 Å². The van der Waals surface area contributed by atoms with Crippen LogP contribution in [0.1, 0.15) is 39.9 Å². The fraction of sp³-hybridized carbons (Fsp3) is 0.269. The summed E-state index contributed by atoms with van der Waals surface area (Å²) in [6, 6.07) is 20.2. The van der Waals surface area contributed by atoms with E-state index in [1.165, 1.54) is 0 Å². The molecule has 3 aromatic carbocycles. The molecule has 4 rings (SSSR count). The van der Waals surface area contributed by atoms with E-state index in [0.717, 1.165) is 39.6 Å². The van der Waals surface area contributed by atoms with Crippen LogP contribution in [0, 0.1) is 0 Å². The molecular weight excluding hydrogens is 388 g/mol. The third-order valence-electron chi connectivity index (χ3n) is 5.64. The van der Waals surface area contributed by atoms with Crippen molar-refractivity contribution in [3.8, 4) is 11.5 Å². The highest BCUT2D eigenvalue weighted by molar-refractivity contribution is 5.92. The lowest BCUT2D eigenvalue weighted by atomic mass is 9.80. The Labute approximate surface area is 183 Å². The van der Waals surface area contributed by atoms with E-state index >= 15 is 0 Å². The molecule has 0 spiro atoms. The van der Waals surface area contributed by atoms with Crippen LogP contribution in [0.3, 0.4) is 0 Å². The van der Waals surface area contributed by atoms with Crippen molar-refractivity contribution in [2.45, 2.75) is 12.8 Å². The van der Waals surface area contributed by atoms with E-state index in [4.69, 9.17) is 9.47 Å². The maximum absolute atomic E-state index is 12.8. The smallest absolute Gasteiger partial charge is 0.338 e. The third-order valence-corrected chi connectivity index (χ3v) is 5.64. The standard InChI is InChI=1S/C26H28N2O3/c1-6-30-26(29)20-10-8-7-9-19(20)25-21-13-11-17(27(2)3)15-23(21)31-24-16-18(28(4)5)12-14-22(24)25/h7-16,25H,6H2,1-5H3. The van der Waals surface area contributed by atoms with Crippen LogP contribution in [0.15, 0.2) is 60.7 Å². The molecule has 31 heavy (non-hydrogen) atoms. The third kappa shape index (κ3) is 3.83. The highest BCUT2D eigenvalue weighted by atomic mass is 16.5. The van der Waals surface area contributed by atoms with Crippen molar-refractivity contribution >= 4 is 17.3 Å². The van der Waals surface area contributed by atoms with Crippen molar-refractivity contribution in [2.75, 3.05) is 44.6 Å². The van der Waals surface area contributed by atoms with E-state index in [2.05, 4.69) is 46.2 Å². The molecule has 0 bridgehead atoms. The first-order valence-electron chi connectivity index (χ1n) is 10.5. The monoisotopic (exact) mass is 416 g/mol. The lowest BCUT2D eigenvalue weighted by molar-refractivity contribution is 0.0525. The summed E-state index contributed by atoms with van der Waals surface area (Å²) in [5.74, 6) is 1.17. The second-order valence-electron chi connectivity index (χ2n) is 8.08. The van der Waals surface area contributed by atoms with Crippen molar-refractivity contribution in [1.82, 2.24) is 0 Å². The van der Waals surface area contributed by atoms with Crippen molar-refractivity contribution in [2.24, 2.45) is 0 Å². The van der Waals surface area contributed by atoms with E-state index < -0.39 is 0 Å². The fourth-order valence-corrected chi connectivity index (χ4v) is 4.02. The Kier molecular flexibility index (Phi) is 5.59. The van der Waals surface area contributed by atoms with Crippen LogP contribution in [-0.2, 0) is 4.74 Å². The number of carbonyl (C=O) groups excluding carboxylic acids is 1. The number of hydrogen-bond donors (Lipinski definition) is 0. The zero-order valence-electron chi connectivity index (χ0n) is 18.7. The Bertz CT molecular complexity index is 1060. The van der Waals surface area contributed by atoms with Crippen LogP contribution in [0.2, 0.25) is 0 Å². The average Bonchev–Trinajstić information content (AvgIpc) is 2.76. The number of benzene rings is 3. The molecule has 5 heteroatoms. The lowest BCUT2D eigenvalue weighted by Gasteiger charge is -2.31. The molecule has 0 saturated carbocycles. The largest absolute Gasteiger partial charge is 0.462 e. The molecule has 0 radical (unpaired) electrons. The predicted octanol–water partition coefficient (Wildman–Crippen LogP) is 5.28. The molecule has 1 aliphatic rings. The maximum atomic E-state index is 12.8. The molecule has 0 unspecified atom stereocenters. The number of nitrogens with zero attached hydrogens (tertiary/aromatic N) is 2. The number of ether oxygens (including phenoxy) is 2. The summed E-state index contributed by atoms with van der Waals surface area (Å²) in [6.45, 7) is 2.16. The summed E-state index contributed by atoms with van der Waals surface area (Å²) in [5, 5.41) is 0. The quantitative estimate of drug-likeness (QED) is 0.414. The molecular formula is C26H28N2O3. The van der Waals surface area contributed by atoms with E-state index in [1.54, 1.807) is 0 Å². The molecule has 5 nitrogen and oxygen atoms in total. The maximum Gasteiger partial charge on any atom is 0.338 e. The van der Waals surface area contributed by atoms with Crippen LogP contribution in [0.25, 0.3) is 0 Å². The van der Waals surface area contributed by atoms with Gasteiger partial charge >= 0.3 is 5.97 Å². The molecule has 0 saturated heterocycles. The summed E-state index contributed by atoms with van der Waals surface area (Å²) in [4.78, 5) is 16.9. The highest BCUT2D eigenvalue weighted by Gasteiger charge is 2.32. The van der Waals surface area contributed by atoms with E-state index in [1.807, 2.05) is 59.4 Å². The van der Waals surface area contributed by atoms with Crippen LogP contribution < -0.4 is 14.5 Å². The van der Waals surface area contributed by atoms with Crippen LogP contribution in [0.4, 0.5) is 11.4 Å². The van der Waals surface area contributed by atoms with Gasteiger partial charge in [0, 0.05) is 68.7 Å². The number of fused-ring (bicyclic) bond motifs is 2. The first-order chi connectivity index (χ1) is 14.9. The van der Waals surface area contributed by atoms with Gasteiger partial charge in [-0.25, -0.2) is 4.79 Å². The molecule has 1 heterocycles. The normalized spacial score (nSPS) is 12.4. The van der Waals surface area contributed by atoms with Gasteiger partial charge in [0.15, 0.2) is 0 Å². The van der Waals surface area contributed by atoms with Gasteiger partial charge in [-0.05, 0) is 30.7 Å². The molecule has 0 amide bonds. The summed E-state index contributed by atoms with van der Waals surface area (Å²) in [7, 11) is 8.04. The van der Waals surface area contributed by atoms with Crippen LogP contribution in [-0.4, -0.2) is 40.8 Å². The SMILES string of the molecule is CCOC(=O)c1ccccc1C1c2ccc(N(C)C)cc2Oc2cc(N(C)C)ccc21. The minimum atomic E-state index is -0.303. The summed E-state index contributed by atoms with van der Waals surface area (Å²) >= 11 is 0. The Morgan fingerprint density at radius 1 is 0.839 bits per heavy atom. The minimum absolute atomic E-state index is 0.133. The lowest BCUT2D eigenvalue weighted by Crippen LogP contribution is -2.18. The topological polar surface area (TPSA) is 42.0 Å². The van der Waals surface area contributed by atoms with Crippen LogP contribution in [0.5, 0.6) is 11.5 Å². The van der Waals surface area contributed by atoms with Gasteiger partial charge in [0.1, 0.15) is 11.5 Å². The van der Waals surface area contributed by atoms with Crippen molar-refractivity contribution in [3.63, 3.8) is 0 Å². The van der Waals surface area contributed by atoms with E-state index in [0.29, 0.717) is 12.2 Å². The van der Waals surface area contributed by atoms with Gasteiger partial charge in [0.05, 0.1) is 12.2 Å². The summed E-state index contributed by atoms with van der Waals surface area (Å²) < 4.78 is 11.7. The van der Waals surface area contributed by atoms with Crippen molar-refractivity contribution < 1.29 is 14.3 Å². The highest BCUT2D eigenvalue weighted by Crippen LogP contribution is 2.49. The van der Waals surface area contributed by atoms with Gasteiger partial charge in [0.25, 0.3) is 0 Å². The number of carbonyl (C=O) groups is 1. The zero-order chi connectivity index (χ0) is 22.1. The second-order valence-corrected chi connectivity index (χ2v) is 8.08. The van der Waals surface area contributed by atoms with Gasteiger partial charge in [0.2, 0.25) is 0 Å². The first-order valence-corrected chi connectivity index (χ1v) is 10.5. The molecule has 1 aliphatic heterocycles. The van der Waals surface area contributed by atoms with Gasteiger partial charge in [-0.1, -0.05) is 30.3 Å². The molecule has 0 aromatic heterocycles. The minimum Gasteiger partial charge on any atom is -0.462 e. The molecule has 0 aliphatic carbocycles. The zero-order valence-corrected chi connectivity index (χ0v) is 18.7. The van der Waals surface area contributed by atoms with Crippen molar-refractivity contribution in [3.05, 3.63) is 82.9 Å². The number of hydrogen-bond acceptors (Lipinski definition) is 5. The first kappa shape index (κ1) is 20.8. The van der Waals surface area contributed by atoms with Gasteiger partial charge in [-0.15, -0.1) is 0 Å². The molecule has 160 valence electrons. The van der Waals surface area contributed by atoms with E-state index in [9.17, 15) is 4.79 Å². The number of esters is 1.